The second-order valence-electron chi connectivity index (χ2n) is 9.34. The van der Waals surface area contributed by atoms with Crippen LogP contribution in [-0.2, 0) is 14.1 Å². The number of phenols is 1. The van der Waals surface area contributed by atoms with E-state index >= 15 is 0 Å². The first kappa shape index (κ1) is 21.3. The number of hydrogen-bond acceptors (Lipinski definition) is 4. The van der Waals surface area contributed by atoms with Gasteiger partial charge in [-0.3, -0.25) is 13.9 Å². The van der Waals surface area contributed by atoms with Gasteiger partial charge in [-0.2, -0.15) is 0 Å². The van der Waals surface area contributed by atoms with E-state index in [1.165, 1.54) is 11.6 Å². The van der Waals surface area contributed by atoms with Gasteiger partial charge in [0.2, 0.25) is 0 Å². The van der Waals surface area contributed by atoms with Gasteiger partial charge in [0.15, 0.2) is 0 Å². The molecule has 0 radical (unpaired) electrons. The molecule has 4 aromatic rings. The SMILES string of the molecule is Cc1cccc(-c2c3c(=O)n(C)c(=O)n(C)c3c3n2C2=C(C=CCC2)NC3c2cccc(O)c2)c1. The lowest BCUT2D eigenvalue weighted by Crippen LogP contribution is -2.37. The molecule has 2 aromatic carbocycles. The normalized spacial score (nSPS) is 16.8. The number of nitrogens with zero attached hydrogens (tertiary/aromatic N) is 3. The molecule has 7 nitrogen and oxygen atoms in total. The summed E-state index contributed by atoms with van der Waals surface area (Å²) in [6.07, 6.45) is 5.90. The Morgan fingerprint density at radius 2 is 1.83 bits per heavy atom. The third-order valence-corrected chi connectivity index (χ3v) is 7.09. The van der Waals surface area contributed by atoms with Crippen LogP contribution in [0.2, 0.25) is 0 Å². The number of hydrogen-bond donors (Lipinski definition) is 2. The second kappa shape index (κ2) is 7.63. The van der Waals surface area contributed by atoms with E-state index in [1.54, 1.807) is 23.7 Å². The van der Waals surface area contributed by atoms with Crippen LogP contribution in [0.4, 0.5) is 0 Å². The molecule has 3 heterocycles. The van der Waals surface area contributed by atoms with Crippen molar-refractivity contribution in [1.82, 2.24) is 19.0 Å². The molecule has 2 aromatic heterocycles. The third kappa shape index (κ3) is 3.04. The monoisotopic (exact) mass is 466 g/mol. The summed E-state index contributed by atoms with van der Waals surface area (Å²) in [6, 6.07) is 14.9. The number of allylic oxidation sites excluding steroid dienone is 3. The standard InChI is InChI=1S/C28H26N4O3/c1-16-8-6-10-18(14-16)24-22-25(30(2)28(35)31(3)27(22)34)26-23(17-9-7-11-19(33)15-17)29-20-12-4-5-13-21(20)32(24)26/h4,6-12,14-15,23,29,33H,5,13H2,1-3H3. The van der Waals surface area contributed by atoms with Crippen molar-refractivity contribution >= 4 is 16.6 Å². The Hall–Kier alpha value is -4.26. The summed E-state index contributed by atoms with van der Waals surface area (Å²) in [5.74, 6) is 0.161. The first-order valence-electron chi connectivity index (χ1n) is 11.7. The molecule has 0 saturated carbocycles. The van der Waals surface area contributed by atoms with Crippen molar-refractivity contribution in [3.8, 4) is 17.0 Å². The number of aryl methyl sites for hydroxylation is 2. The molecule has 0 saturated heterocycles. The van der Waals surface area contributed by atoms with Gasteiger partial charge in [0.1, 0.15) is 5.75 Å². The average Bonchev–Trinajstić information content (AvgIpc) is 3.22. The molecule has 1 aliphatic heterocycles. The minimum Gasteiger partial charge on any atom is -0.508 e. The van der Waals surface area contributed by atoms with Crippen LogP contribution in [0.25, 0.3) is 27.9 Å². The van der Waals surface area contributed by atoms with Crippen LogP contribution in [0.5, 0.6) is 5.75 Å². The van der Waals surface area contributed by atoms with E-state index in [4.69, 9.17) is 0 Å². The number of fused-ring (bicyclic) bond motifs is 4. The van der Waals surface area contributed by atoms with Gasteiger partial charge in [0.25, 0.3) is 5.56 Å². The van der Waals surface area contributed by atoms with Crippen LogP contribution in [0.1, 0.15) is 35.7 Å². The summed E-state index contributed by atoms with van der Waals surface area (Å²) in [7, 11) is 3.25. The van der Waals surface area contributed by atoms with Gasteiger partial charge in [0.05, 0.1) is 34.0 Å². The molecule has 35 heavy (non-hydrogen) atoms. The topological polar surface area (TPSA) is 81.2 Å². The molecule has 0 amide bonds. The summed E-state index contributed by atoms with van der Waals surface area (Å²) >= 11 is 0. The lowest BCUT2D eigenvalue weighted by atomic mass is 9.97. The summed E-state index contributed by atoms with van der Waals surface area (Å²) in [4.78, 5) is 26.8. The van der Waals surface area contributed by atoms with E-state index in [0.717, 1.165) is 52.3 Å². The van der Waals surface area contributed by atoms with Crippen molar-refractivity contribution in [1.29, 1.82) is 0 Å². The van der Waals surface area contributed by atoms with Gasteiger partial charge in [0, 0.05) is 19.8 Å². The molecular formula is C28H26N4O3. The first-order chi connectivity index (χ1) is 16.9. The molecule has 1 unspecified atom stereocenters. The minimum atomic E-state index is -0.373. The highest BCUT2D eigenvalue weighted by molar-refractivity contribution is 5.99. The second-order valence-corrected chi connectivity index (χ2v) is 9.34. The van der Waals surface area contributed by atoms with Crippen molar-refractivity contribution in [2.24, 2.45) is 14.1 Å². The van der Waals surface area contributed by atoms with E-state index in [9.17, 15) is 14.7 Å². The largest absolute Gasteiger partial charge is 0.508 e. The van der Waals surface area contributed by atoms with Crippen molar-refractivity contribution in [2.45, 2.75) is 25.8 Å². The van der Waals surface area contributed by atoms with Crippen LogP contribution in [0.15, 0.2) is 76.0 Å². The predicted octanol–water partition coefficient (Wildman–Crippen LogP) is 3.93. The van der Waals surface area contributed by atoms with E-state index in [1.807, 2.05) is 37.3 Å². The Morgan fingerprint density at radius 3 is 2.60 bits per heavy atom. The van der Waals surface area contributed by atoms with Crippen LogP contribution in [-0.4, -0.2) is 18.8 Å². The molecule has 2 N–H and O–H groups in total. The van der Waals surface area contributed by atoms with Crippen LogP contribution < -0.4 is 16.6 Å². The fraction of sp³-hybridized carbons (Fsp3) is 0.214. The Bertz CT molecular complexity index is 1710. The molecule has 6 rings (SSSR count). The lowest BCUT2D eigenvalue weighted by molar-refractivity contribution is 0.473. The van der Waals surface area contributed by atoms with E-state index < -0.39 is 0 Å². The summed E-state index contributed by atoms with van der Waals surface area (Å²) in [6.45, 7) is 2.03. The highest BCUT2D eigenvalue weighted by Crippen LogP contribution is 2.44. The Kier molecular flexibility index (Phi) is 4.64. The zero-order valence-electron chi connectivity index (χ0n) is 19.9. The molecule has 7 heteroatoms. The minimum absolute atomic E-state index is 0.161. The molecule has 0 bridgehead atoms. The highest BCUT2D eigenvalue weighted by atomic mass is 16.3. The zero-order valence-corrected chi connectivity index (χ0v) is 19.9. The molecular weight excluding hydrogens is 440 g/mol. The zero-order chi connectivity index (χ0) is 24.4. The number of nitrogens with one attached hydrogen (secondary N) is 1. The third-order valence-electron chi connectivity index (χ3n) is 7.09. The van der Waals surface area contributed by atoms with E-state index in [-0.39, 0.29) is 23.0 Å². The predicted molar refractivity (Wildman–Crippen MR) is 137 cm³/mol. The van der Waals surface area contributed by atoms with Gasteiger partial charge < -0.3 is 15.0 Å². The smallest absolute Gasteiger partial charge is 0.331 e. The molecule has 0 spiro atoms. The number of aromatic nitrogens is 3. The fourth-order valence-electron chi connectivity index (χ4n) is 5.49. The molecule has 1 aliphatic carbocycles. The van der Waals surface area contributed by atoms with Gasteiger partial charge >= 0.3 is 5.69 Å². The van der Waals surface area contributed by atoms with Gasteiger partial charge in [-0.15, -0.1) is 0 Å². The molecule has 1 atom stereocenters. The molecule has 0 fully saturated rings. The summed E-state index contributed by atoms with van der Waals surface area (Å²) in [5.41, 5.74) is 6.46. The van der Waals surface area contributed by atoms with Crippen molar-refractivity contribution in [2.75, 3.05) is 0 Å². The van der Waals surface area contributed by atoms with Crippen LogP contribution in [0.3, 0.4) is 0 Å². The highest BCUT2D eigenvalue weighted by Gasteiger charge is 2.35. The van der Waals surface area contributed by atoms with Gasteiger partial charge in [-0.25, -0.2) is 4.79 Å². The first-order valence-corrected chi connectivity index (χ1v) is 11.7. The van der Waals surface area contributed by atoms with E-state index in [2.05, 4.69) is 28.1 Å². The maximum Gasteiger partial charge on any atom is 0.331 e. The maximum absolute atomic E-state index is 13.7. The van der Waals surface area contributed by atoms with E-state index in [0.29, 0.717) is 10.9 Å². The van der Waals surface area contributed by atoms with Crippen LogP contribution >= 0.6 is 0 Å². The summed E-state index contributed by atoms with van der Waals surface area (Å²) < 4.78 is 4.94. The lowest BCUT2D eigenvalue weighted by Gasteiger charge is -2.33. The Balaban J connectivity index is 1.85. The van der Waals surface area contributed by atoms with Gasteiger partial charge in [-0.05, 0) is 55.2 Å². The number of rotatable bonds is 2. The van der Waals surface area contributed by atoms with Crippen LogP contribution in [0, 0.1) is 6.92 Å². The Morgan fingerprint density at radius 1 is 1.03 bits per heavy atom. The van der Waals surface area contributed by atoms with Gasteiger partial charge in [-0.1, -0.05) is 42.0 Å². The summed E-state index contributed by atoms with van der Waals surface area (Å²) in [5, 5.41) is 14.4. The number of aromatic hydroxyl groups is 1. The van der Waals surface area contributed by atoms with Crippen molar-refractivity contribution in [3.63, 3.8) is 0 Å². The molecule has 176 valence electrons. The average molecular weight is 467 g/mol. The molecule has 2 aliphatic rings. The number of benzene rings is 2. The quantitative estimate of drug-likeness (QED) is 0.469. The fourth-order valence-corrected chi connectivity index (χ4v) is 5.49. The Labute approximate surface area is 201 Å². The maximum atomic E-state index is 13.7. The van der Waals surface area contributed by atoms with Crippen molar-refractivity contribution in [3.05, 3.63) is 104 Å². The van der Waals surface area contributed by atoms with Crippen molar-refractivity contribution < 1.29 is 5.11 Å². The number of phenolic OH excluding ortho intramolecular Hbond substituents is 1.